The van der Waals surface area contributed by atoms with E-state index in [-0.39, 0.29) is 20.5 Å². The molecular formula is C19H19BrFNO5S. The van der Waals surface area contributed by atoms with Crippen LogP contribution in [0.1, 0.15) is 36.7 Å². The first kappa shape index (κ1) is 22.0. The lowest BCUT2D eigenvalue weighted by atomic mass is 10.0. The fourth-order valence-corrected chi connectivity index (χ4v) is 3.85. The van der Waals surface area contributed by atoms with Crippen LogP contribution in [0, 0.1) is 5.82 Å². The molecule has 0 heterocycles. The van der Waals surface area contributed by atoms with Crippen molar-refractivity contribution >= 4 is 37.6 Å². The summed E-state index contributed by atoms with van der Waals surface area (Å²) in [7, 11) is -3.92. The Morgan fingerprint density at radius 2 is 1.71 bits per heavy atom. The van der Waals surface area contributed by atoms with Crippen LogP contribution in [-0.2, 0) is 14.6 Å². The lowest BCUT2D eigenvalue weighted by Crippen LogP contribution is -2.41. The summed E-state index contributed by atoms with van der Waals surface area (Å²) in [6, 6.07) is 8.88. The first-order chi connectivity index (χ1) is 12.9. The van der Waals surface area contributed by atoms with Crippen LogP contribution in [0.15, 0.2) is 51.8 Å². The van der Waals surface area contributed by atoms with Crippen LogP contribution < -0.4 is 5.32 Å². The van der Waals surface area contributed by atoms with Gasteiger partial charge in [-0.15, -0.1) is 0 Å². The van der Waals surface area contributed by atoms with Crippen LogP contribution in [0.5, 0.6) is 0 Å². The number of carbonyl (C=O) groups excluding carboxylic acids is 2. The first-order valence-corrected chi connectivity index (χ1v) is 10.6. The molecular weight excluding hydrogens is 453 g/mol. The second-order valence-corrected chi connectivity index (χ2v) is 9.81. The van der Waals surface area contributed by atoms with Gasteiger partial charge >= 0.3 is 6.09 Å². The van der Waals surface area contributed by atoms with E-state index in [1.54, 1.807) is 20.8 Å². The fraction of sp³-hybridized carbons (Fsp3) is 0.263. The summed E-state index contributed by atoms with van der Waals surface area (Å²) < 4.78 is 42.8. The minimum Gasteiger partial charge on any atom is -0.433 e. The molecule has 1 N–H and O–H groups in total. The van der Waals surface area contributed by atoms with Crippen molar-refractivity contribution in [1.82, 2.24) is 5.32 Å². The van der Waals surface area contributed by atoms with Gasteiger partial charge in [0.25, 0.3) is 0 Å². The van der Waals surface area contributed by atoms with E-state index in [0.29, 0.717) is 0 Å². The summed E-state index contributed by atoms with van der Waals surface area (Å²) in [5.41, 5.74) is -0.0801. The van der Waals surface area contributed by atoms with Crippen LogP contribution in [0.25, 0.3) is 0 Å². The largest absolute Gasteiger partial charge is 0.433 e. The molecule has 9 heteroatoms. The minimum atomic E-state index is -3.92. The smallest absolute Gasteiger partial charge is 0.408 e. The highest BCUT2D eigenvalue weighted by atomic mass is 79.9. The summed E-state index contributed by atoms with van der Waals surface area (Å²) in [6.45, 7) is 5.20. The molecule has 0 saturated carbocycles. The Morgan fingerprint density at radius 3 is 2.25 bits per heavy atom. The molecule has 0 fully saturated rings. The highest BCUT2D eigenvalue weighted by molar-refractivity contribution is 9.10. The Labute approximate surface area is 171 Å². The molecule has 0 atom stereocenters. The van der Waals surface area contributed by atoms with Gasteiger partial charge in [0.2, 0.25) is 9.84 Å². The average Bonchev–Trinajstić information content (AvgIpc) is 2.58. The molecule has 2 aromatic carbocycles. The first-order valence-electron chi connectivity index (χ1n) is 8.16. The number of nitrogens with one attached hydrogen (secondary N) is 1. The topological polar surface area (TPSA) is 89.5 Å². The van der Waals surface area contributed by atoms with Gasteiger partial charge in [0, 0.05) is 21.1 Å². The van der Waals surface area contributed by atoms with Crippen LogP contribution >= 0.6 is 15.9 Å². The van der Waals surface area contributed by atoms with Gasteiger partial charge in [0.05, 0.1) is 4.90 Å². The predicted octanol–water partition coefficient (Wildman–Crippen LogP) is 4.08. The lowest BCUT2D eigenvalue weighted by Gasteiger charge is -2.19. The quantitative estimate of drug-likeness (QED) is 0.663. The van der Waals surface area contributed by atoms with Crippen molar-refractivity contribution in [2.75, 3.05) is 5.94 Å². The molecule has 2 rings (SSSR count). The predicted molar refractivity (Wildman–Crippen MR) is 105 cm³/mol. The van der Waals surface area contributed by atoms with E-state index >= 15 is 0 Å². The van der Waals surface area contributed by atoms with Gasteiger partial charge < -0.3 is 10.1 Å². The molecule has 28 heavy (non-hydrogen) atoms. The summed E-state index contributed by atoms with van der Waals surface area (Å²) in [5, 5.41) is 2.49. The van der Waals surface area contributed by atoms with Crippen LogP contribution in [0.4, 0.5) is 9.18 Å². The van der Waals surface area contributed by atoms with Crippen LogP contribution in [0.2, 0.25) is 0 Å². The molecule has 0 bridgehead atoms. The molecule has 2 aromatic rings. The number of ketones is 1. The Hall–Kier alpha value is -2.26. The van der Waals surface area contributed by atoms with E-state index < -0.39 is 39.0 Å². The second-order valence-electron chi connectivity index (χ2n) is 7.02. The highest BCUT2D eigenvalue weighted by Crippen LogP contribution is 2.25. The Balaban J connectivity index is 2.17. The summed E-state index contributed by atoms with van der Waals surface area (Å²) >= 11 is 3.19. The number of benzene rings is 2. The molecule has 0 spiro atoms. The van der Waals surface area contributed by atoms with E-state index in [2.05, 4.69) is 21.2 Å². The molecule has 0 aliphatic heterocycles. The van der Waals surface area contributed by atoms with Gasteiger partial charge in [0.1, 0.15) is 5.82 Å². The number of sulfone groups is 1. The number of ether oxygens (including phenoxy) is 1. The number of alkyl carbamates (subject to hydrolysis) is 1. The van der Waals surface area contributed by atoms with Gasteiger partial charge in [-0.3, -0.25) is 4.79 Å². The fourth-order valence-electron chi connectivity index (χ4n) is 2.17. The number of carbonyl (C=O) groups is 2. The molecule has 150 valence electrons. The highest BCUT2D eigenvalue weighted by Gasteiger charge is 2.22. The maximum Gasteiger partial charge on any atom is 0.408 e. The van der Waals surface area contributed by atoms with Crippen molar-refractivity contribution < 1.29 is 27.1 Å². The maximum absolute atomic E-state index is 13.0. The molecule has 1 amide bonds. The third kappa shape index (κ3) is 5.87. The van der Waals surface area contributed by atoms with Crippen molar-refractivity contribution in [3.63, 3.8) is 0 Å². The Morgan fingerprint density at radius 1 is 1.11 bits per heavy atom. The molecule has 0 aliphatic rings. The third-order valence-electron chi connectivity index (χ3n) is 3.47. The zero-order valence-electron chi connectivity index (χ0n) is 15.5. The van der Waals surface area contributed by atoms with Gasteiger partial charge in [-0.1, -0.05) is 0 Å². The summed E-state index contributed by atoms with van der Waals surface area (Å²) in [5.74, 6) is -1.70. The number of hydrogen-bond acceptors (Lipinski definition) is 5. The van der Waals surface area contributed by atoms with Crippen molar-refractivity contribution in [1.29, 1.82) is 0 Å². The van der Waals surface area contributed by atoms with Crippen LogP contribution in [0.3, 0.4) is 0 Å². The van der Waals surface area contributed by atoms with Gasteiger partial charge in [0.15, 0.2) is 11.7 Å². The maximum atomic E-state index is 13.0. The molecule has 0 saturated heterocycles. The van der Waals surface area contributed by atoms with Crippen molar-refractivity contribution in [3.8, 4) is 0 Å². The second kappa shape index (κ2) is 8.40. The number of amides is 1. The molecule has 6 nitrogen and oxygen atoms in total. The standard InChI is InChI=1S/C19H19BrFNO5S/c1-19(2,3)22-18(24)27-11-28(25,26)14-8-9-15(16(20)10-14)17(23)12-4-6-13(21)7-5-12/h4-10H,11H2,1-3H3,(H,22,24). The number of hydrogen-bond donors (Lipinski definition) is 1. The molecule has 0 aromatic heterocycles. The SMILES string of the molecule is CC(C)(C)NC(=O)OCS(=O)(=O)c1ccc(C(=O)c2ccc(F)cc2)c(Br)c1. The van der Waals surface area contributed by atoms with E-state index in [9.17, 15) is 22.4 Å². The van der Waals surface area contributed by atoms with E-state index in [0.717, 1.165) is 0 Å². The molecule has 0 radical (unpaired) electrons. The van der Waals surface area contributed by atoms with E-state index in [1.807, 2.05) is 0 Å². The molecule has 0 unspecified atom stereocenters. The van der Waals surface area contributed by atoms with E-state index in [1.165, 1.54) is 42.5 Å². The Bertz CT molecular complexity index is 998. The normalized spacial score (nSPS) is 11.8. The monoisotopic (exact) mass is 471 g/mol. The third-order valence-corrected chi connectivity index (χ3v) is 5.53. The average molecular weight is 472 g/mol. The van der Waals surface area contributed by atoms with E-state index in [4.69, 9.17) is 4.74 Å². The number of rotatable bonds is 5. The molecule has 0 aliphatic carbocycles. The zero-order chi connectivity index (χ0) is 21.1. The van der Waals surface area contributed by atoms with Crippen molar-refractivity contribution in [2.24, 2.45) is 0 Å². The van der Waals surface area contributed by atoms with Crippen LogP contribution in [-0.4, -0.2) is 31.8 Å². The number of halogens is 2. The van der Waals surface area contributed by atoms with Gasteiger partial charge in [-0.2, -0.15) is 0 Å². The zero-order valence-corrected chi connectivity index (χ0v) is 17.9. The lowest BCUT2D eigenvalue weighted by molar-refractivity contribution is 0.103. The van der Waals surface area contributed by atoms with Gasteiger partial charge in [-0.25, -0.2) is 17.6 Å². The summed E-state index contributed by atoms with van der Waals surface area (Å²) in [4.78, 5) is 24.0. The Kier molecular flexibility index (Phi) is 6.61. The van der Waals surface area contributed by atoms with Crippen molar-refractivity contribution in [3.05, 3.63) is 63.9 Å². The minimum absolute atomic E-state index is 0.112. The van der Waals surface area contributed by atoms with Gasteiger partial charge in [-0.05, 0) is 79.2 Å². The van der Waals surface area contributed by atoms with Crippen molar-refractivity contribution in [2.45, 2.75) is 31.2 Å². The summed E-state index contributed by atoms with van der Waals surface area (Å²) in [6.07, 6.45) is -0.849.